The first-order chi connectivity index (χ1) is 14.3. The van der Waals surface area contributed by atoms with Crippen molar-refractivity contribution in [1.29, 1.82) is 0 Å². The van der Waals surface area contributed by atoms with Crippen molar-refractivity contribution in [2.24, 2.45) is 0 Å². The van der Waals surface area contributed by atoms with Crippen molar-refractivity contribution in [2.75, 3.05) is 23.4 Å². The molecule has 0 radical (unpaired) electrons. The van der Waals surface area contributed by atoms with Crippen LogP contribution in [0.25, 0.3) is 11.1 Å². The molecule has 0 fully saturated rings. The number of carbonyl (C=O) groups is 2. The number of nitrogens with one attached hydrogen (secondary N) is 2. The molecule has 4 rings (SSSR count). The van der Waals surface area contributed by atoms with Crippen molar-refractivity contribution in [1.82, 2.24) is 0 Å². The Kier molecular flexibility index (Phi) is 4.79. The van der Waals surface area contributed by atoms with E-state index < -0.39 is 15.9 Å². The third-order valence-corrected chi connectivity index (χ3v) is 5.33. The number of sulfonamides is 1. The maximum atomic E-state index is 12.8. The van der Waals surface area contributed by atoms with Crippen molar-refractivity contribution in [2.45, 2.75) is 0 Å². The third-order valence-electron chi connectivity index (χ3n) is 4.74. The van der Waals surface area contributed by atoms with E-state index in [4.69, 9.17) is 4.74 Å². The van der Waals surface area contributed by atoms with Gasteiger partial charge < -0.3 is 10.1 Å². The number of hydrogen-bond donors (Lipinski definition) is 2. The first-order valence-corrected chi connectivity index (χ1v) is 10.9. The second-order valence-corrected chi connectivity index (χ2v) is 8.63. The van der Waals surface area contributed by atoms with Gasteiger partial charge in [0.25, 0.3) is 5.91 Å². The standard InChI is InChI=1S/C22H18N2O5S/c1-29-20-10-8-14(12-19(20)24-30(2,27)28)23-22(26)13-7-9-16-15-5-3-4-6-17(15)21(25)18(16)11-13/h3-12,24H,1-2H3,(H,23,26). The van der Waals surface area contributed by atoms with Gasteiger partial charge in [-0.25, -0.2) is 8.42 Å². The fourth-order valence-electron chi connectivity index (χ4n) is 3.44. The molecule has 0 unspecified atom stereocenters. The molecule has 0 bridgehead atoms. The molecule has 8 heteroatoms. The quantitative estimate of drug-likeness (QED) is 0.512. The van der Waals surface area contributed by atoms with Crippen LogP contribution in [0.2, 0.25) is 0 Å². The number of methoxy groups -OCH3 is 1. The number of rotatable bonds is 5. The van der Waals surface area contributed by atoms with Gasteiger partial charge in [-0.1, -0.05) is 30.3 Å². The predicted molar refractivity (Wildman–Crippen MR) is 115 cm³/mol. The van der Waals surface area contributed by atoms with Crippen LogP contribution in [-0.4, -0.2) is 33.5 Å². The van der Waals surface area contributed by atoms with Gasteiger partial charge in [0.05, 0.1) is 19.1 Å². The van der Waals surface area contributed by atoms with Gasteiger partial charge in [-0.15, -0.1) is 0 Å². The molecule has 0 saturated heterocycles. The lowest BCUT2D eigenvalue weighted by atomic mass is 10.0. The summed E-state index contributed by atoms with van der Waals surface area (Å²) in [5, 5.41) is 2.72. The number of hydrogen-bond acceptors (Lipinski definition) is 5. The first kappa shape index (κ1) is 19.7. The molecular weight excluding hydrogens is 404 g/mol. The molecule has 2 N–H and O–H groups in total. The monoisotopic (exact) mass is 422 g/mol. The Labute approximate surface area is 173 Å². The van der Waals surface area contributed by atoms with Crippen LogP contribution >= 0.6 is 0 Å². The van der Waals surface area contributed by atoms with Crippen LogP contribution < -0.4 is 14.8 Å². The highest BCUT2D eigenvalue weighted by molar-refractivity contribution is 7.92. The SMILES string of the molecule is COc1ccc(NC(=O)c2ccc3c(c2)C(=O)c2ccccc2-3)cc1NS(C)(=O)=O. The van der Waals surface area contributed by atoms with Gasteiger partial charge in [-0.2, -0.15) is 0 Å². The van der Waals surface area contributed by atoms with E-state index in [1.165, 1.54) is 13.2 Å². The van der Waals surface area contributed by atoms with Crippen LogP contribution in [-0.2, 0) is 10.0 Å². The average molecular weight is 422 g/mol. The average Bonchev–Trinajstić information content (AvgIpc) is 2.99. The summed E-state index contributed by atoms with van der Waals surface area (Å²) in [6.07, 6.45) is 1.03. The largest absolute Gasteiger partial charge is 0.495 e. The summed E-state index contributed by atoms with van der Waals surface area (Å²) in [4.78, 5) is 25.4. The maximum Gasteiger partial charge on any atom is 0.255 e. The lowest BCUT2D eigenvalue weighted by Gasteiger charge is -2.13. The molecule has 0 saturated carbocycles. The Morgan fingerprint density at radius 1 is 0.900 bits per heavy atom. The van der Waals surface area contributed by atoms with Gasteiger partial charge in [0.15, 0.2) is 5.78 Å². The lowest BCUT2D eigenvalue weighted by Crippen LogP contribution is -2.14. The molecule has 1 aliphatic carbocycles. The van der Waals surface area contributed by atoms with Crippen molar-refractivity contribution >= 4 is 33.1 Å². The first-order valence-electron chi connectivity index (χ1n) is 9.02. The Hall–Kier alpha value is -3.65. The number of carbonyl (C=O) groups excluding carboxylic acids is 2. The summed E-state index contributed by atoms with van der Waals surface area (Å²) in [5.74, 6) is -0.212. The third kappa shape index (κ3) is 3.65. The molecule has 3 aromatic carbocycles. The van der Waals surface area contributed by atoms with E-state index in [2.05, 4.69) is 10.0 Å². The predicted octanol–water partition coefficient (Wildman–Crippen LogP) is 3.53. The highest BCUT2D eigenvalue weighted by Crippen LogP contribution is 2.37. The van der Waals surface area contributed by atoms with Crippen molar-refractivity contribution in [3.63, 3.8) is 0 Å². The Bertz CT molecular complexity index is 1300. The molecule has 0 atom stereocenters. The van der Waals surface area contributed by atoms with Gasteiger partial charge in [-0.05, 0) is 41.5 Å². The van der Waals surface area contributed by atoms with Crippen molar-refractivity contribution in [3.8, 4) is 16.9 Å². The zero-order chi connectivity index (χ0) is 21.5. The molecule has 0 spiro atoms. The van der Waals surface area contributed by atoms with Gasteiger partial charge >= 0.3 is 0 Å². The van der Waals surface area contributed by atoms with E-state index >= 15 is 0 Å². The molecule has 7 nitrogen and oxygen atoms in total. The number of fused-ring (bicyclic) bond motifs is 3. The second-order valence-electron chi connectivity index (χ2n) is 6.88. The molecule has 0 aliphatic heterocycles. The van der Waals surface area contributed by atoms with Crippen LogP contribution in [0.4, 0.5) is 11.4 Å². The second kappa shape index (κ2) is 7.31. The van der Waals surface area contributed by atoms with Gasteiger partial charge in [-0.3, -0.25) is 14.3 Å². The van der Waals surface area contributed by atoms with Gasteiger partial charge in [0, 0.05) is 22.4 Å². The molecule has 30 heavy (non-hydrogen) atoms. The van der Waals surface area contributed by atoms with Gasteiger partial charge in [0.1, 0.15) is 5.75 Å². The smallest absolute Gasteiger partial charge is 0.255 e. The zero-order valence-corrected chi connectivity index (χ0v) is 17.0. The molecule has 1 amide bonds. The fourth-order valence-corrected chi connectivity index (χ4v) is 4.00. The molecule has 152 valence electrons. The van der Waals surface area contributed by atoms with Crippen LogP contribution in [0, 0.1) is 0 Å². The minimum Gasteiger partial charge on any atom is -0.495 e. The summed E-state index contributed by atoms with van der Waals surface area (Å²) >= 11 is 0. The number of anilines is 2. The number of ether oxygens (including phenoxy) is 1. The normalized spacial score (nSPS) is 12.1. The van der Waals surface area contributed by atoms with E-state index in [1.807, 2.05) is 18.2 Å². The number of amides is 1. The summed E-state index contributed by atoms with van der Waals surface area (Å²) in [6.45, 7) is 0. The highest BCUT2D eigenvalue weighted by atomic mass is 32.2. The van der Waals surface area contributed by atoms with Crippen molar-refractivity contribution in [3.05, 3.63) is 77.4 Å². The van der Waals surface area contributed by atoms with Crippen LogP contribution in [0.1, 0.15) is 26.3 Å². The van der Waals surface area contributed by atoms with E-state index in [0.29, 0.717) is 28.1 Å². The van der Waals surface area contributed by atoms with Crippen LogP contribution in [0.5, 0.6) is 5.75 Å². The fraction of sp³-hybridized carbons (Fsp3) is 0.0909. The number of benzene rings is 3. The molecule has 0 heterocycles. The van der Waals surface area contributed by atoms with Crippen LogP contribution in [0.3, 0.4) is 0 Å². The zero-order valence-electron chi connectivity index (χ0n) is 16.2. The summed E-state index contributed by atoms with van der Waals surface area (Å²) in [7, 11) is -2.11. The topological polar surface area (TPSA) is 102 Å². The summed E-state index contributed by atoms with van der Waals surface area (Å²) < 4.78 is 30.6. The van der Waals surface area contributed by atoms with Gasteiger partial charge in [0.2, 0.25) is 10.0 Å². The minimum atomic E-state index is -3.53. The maximum absolute atomic E-state index is 12.8. The van der Waals surface area contributed by atoms with Crippen molar-refractivity contribution < 1.29 is 22.7 Å². The molecule has 3 aromatic rings. The Morgan fingerprint density at radius 3 is 2.30 bits per heavy atom. The highest BCUT2D eigenvalue weighted by Gasteiger charge is 2.27. The molecule has 1 aliphatic rings. The van der Waals surface area contributed by atoms with E-state index in [1.54, 1.807) is 36.4 Å². The molecule has 0 aromatic heterocycles. The van der Waals surface area contributed by atoms with E-state index in [9.17, 15) is 18.0 Å². The summed E-state index contributed by atoms with van der Waals surface area (Å²) in [6, 6.07) is 16.9. The van der Waals surface area contributed by atoms with E-state index in [0.717, 1.165) is 17.4 Å². The number of ketones is 1. The van der Waals surface area contributed by atoms with E-state index in [-0.39, 0.29) is 11.5 Å². The summed E-state index contributed by atoms with van der Waals surface area (Å²) in [5.41, 5.74) is 3.67. The lowest BCUT2D eigenvalue weighted by molar-refractivity contribution is 0.102. The Balaban J connectivity index is 1.61. The Morgan fingerprint density at radius 2 is 1.60 bits per heavy atom. The molecular formula is C22H18N2O5S. The van der Waals surface area contributed by atoms with Crippen LogP contribution in [0.15, 0.2) is 60.7 Å². The minimum absolute atomic E-state index is 0.112.